The number of aromatic nitrogens is 2. The Morgan fingerprint density at radius 2 is 1.81 bits per heavy atom. The molecule has 0 unspecified atom stereocenters. The van der Waals surface area contributed by atoms with Gasteiger partial charge < -0.3 is 14.4 Å². The summed E-state index contributed by atoms with van der Waals surface area (Å²) in [6, 6.07) is -0.888. The molecule has 2 aliphatic rings. The number of likely N-dealkylation sites (tertiary alicyclic amines) is 1. The first-order chi connectivity index (χ1) is 14.4. The van der Waals surface area contributed by atoms with E-state index in [1.54, 1.807) is 0 Å². The summed E-state index contributed by atoms with van der Waals surface area (Å²) in [5.41, 5.74) is -3.61. The van der Waals surface area contributed by atoms with Crippen LogP contribution in [0.15, 0.2) is 4.42 Å². The second-order valence-electron chi connectivity index (χ2n) is 10.6. The highest BCUT2D eigenvalue weighted by atomic mass is 32.2. The largest absolute Gasteiger partial charge is 0.420 e. The van der Waals surface area contributed by atoms with Crippen molar-refractivity contribution in [2.45, 2.75) is 84.0 Å². The molecule has 1 saturated heterocycles. The predicted molar refractivity (Wildman–Crippen MR) is 109 cm³/mol. The van der Waals surface area contributed by atoms with Gasteiger partial charge in [0.2, 0.25) is 11.8 Å². The molecule has 1 atom stereocenters. The van der Waals surface area contributed by atoms with Crippen molar-refractivity contribution in [1.29, 1.82) is 0 Å². The topological polar surface area (TPSA) is 123 Å². The first-order valence-electron chi connectivity index (χ1n) is 10.5. The second-order valence-corrected chi connectivity index (χ2v) is 12.3. The van der Waals surface area contributed by atoms with Gasteiger partial charge in [-0.3, -0.25) is 8.98 Å². The van der Waals surface area contributed by atoms with E-state index in [-0.39, 0.29) is 31.2 Å². The summed E-state index contributed by atoms with van der Waals surface area (Å²) in [4.78, 5) is 14.0. The van der Waals surface area contributed by atoms with Crippen molar-refractivity contribution in [1.82, 2.24) is 15.1 Å². The van der Waals surface area contributed by atoms with Gasteiger partial charge in [-0.1, -0.05) is 27.7 Å². The minimum absolute atomic E-state index is 0.0551. The van der Waals surface area contributed by atoms with E-state index in [0.29, 0.717) is 19.3 Å². The molecule has 1 N–H and O–H groups in total. The highest BCUT2D eigenvalue weighted by Crippen LogP contribution is 2.55. The van der Waals surface area contributed by atoms with Crippen LogP contribution in [0.5, 0.6) is 0 Å². The van der Waals surface area contributed by atoms with Gasteiger partial charge in [-0.15, -0.1) is 10.2 Å². The van der Waals surface area contributed by atoms with E-state index in [4.69, 9.17) is 4.42 Å². The molecule has 182 valence electrons. The van der Waals surface area contributed by atoms with Gasteiger partial charge >= 0.3 is 5.92 Å². The summed E-state index contributed by atoms with van der Waals surface area (Å²) in [5.74, 6) is -5.70. The standard InChI is InChI=1S/C20H31F2N3O6S/c1-17(2)10-18(3,4)12-19(27,11-17)20(21,22)16(26)25-8-6-7-13(25)15-24-23-14(31-15)9-30-32(5,28)29/h13,27H,6-12H2,1-5H3/t13-/m0/s1. The first kappa shape index (κ1) is 25.0. The van der Waals surface area contributed by atoms with Gasteiger partial charge in [0, 0.05) is 6.54 Å². The average Bonchev–Trinajstić information content (AvgIpc) is 3.24. The van der Waals surface area contributed by atoms with Crippen molar-refractivity contribution in [3.05, 3.63) is 11.8 Å². The number of hydrogen-bond acceptors (Lipinski definition) is 8. The normalized spacial score (nSPS) is 25.1. The van der Waals surface area contributed by atoms with Crippen LogP contribution in [-0.4, -0.2) is 58.9 Å². The molecule has 9 nitrogen and oxygen atoms in total. The Morgan fingerprint density at radius 3 is 2.38 bits per heavy atom. The van der Waals surface area contributed by atoms with Gasteiger partial charge in [-0.05, 0) is 42.9 Å². The molecule has 1 aromatic heterocycles. The van der Waals surface area contributed by atoms with Crippen molar-refractivity contribution in [3.63, 3.8) is 0 Å². The average molecular weight is 480 g/mol. The Bertz CT molecular complexity index is 960. The molecule has 2 fully saturated rings. The summed E-state index contributed by atoms with van der Waals surface area (Å²) in [5, 5.41) is 18.6. The summed E-state index contributed by atoms with van der Waals surface area (Å²) >= 11 is 0. The maximum Gasteiger partial charge on any atom is 0.352 e. The number of nitrogens with zero attached hydrogens (tertiary/aromatic N) is 3. The molecule has 12 heteroatoms. The van der Waals surface area contributed by atoms with Gasteiger partial charge in [-0.25, -0.2) is 0 Å². The molecule has 32 heavy (non-hydrogen) atoms. The highest BCUT2D eigenvalue weighted by molar-refractivity contribution is 7.85. The predicted octanol–water partition coefficient (Wildman–Crippen LogP) is 2.81. The van der Waals surface area contributed by atoms with Crippen LogP contribution < -0.4 is 0 Å². The number of amides is 1. The lowest BCUT2D eigenvalue weighted by atomic mass is 9.58. The quantitative estimate of drug-likeness (QED) is 0.618. The molecule has 1 amide bonds. The summed E-state index contributed by atoms with van der Waals surface area (Å²) in [7, 11) is -3.73. The van der Waals surface area contributed by atoms with Crippen molar-refractivity contribution < 1.29 is 35.7 Å². The smallest absolute Gasteiger partial charge is 0.352 e. The number of hydrogen-bond donors (Lipinski definition) is 1. The number of alkyl halides is 2. The van der Waals surface area contributed by atoms with Gasteiger partial charge in [0.1, 0.15) is 18.2 Å². The molecular weight excluding hydrogens is 448 g/mol. The molecule has 1 saturated carbocycles. The minimum Gasteiger partial charge on any atom is -0.420 e. The Labute approximate surface area is 186 Å². The van der Waals surface area contributed by atoms with Crippen LogP contribution in [-0.2, 0) is 25.7 Å². The van der Waals surface area contributed by atoms with Crippen LogP contribution in [0.1, 0.15) is 77.6 Å². The Balaban J connectivity index is 1.82. The van der Waals surface area contributed by atoms with Crippen molar-refractivity contribution in [2.24, 2.45) is 10.8 Å². The molecule has 1 aromatic rings. The van der Waals surface area contributed by atoms with Crippen molar-refractivity contribution in [2.75, 3.05) is 12.8 Å². The van der Waals surface area contributed by atoms with Crippen molar-refractivity contribution >= 4 is 16.0 Å². The van der Waals surface area contributed by atoms with Crippen LogP contribution in [0.4, 0.5) is 8.78 Å². The third kappa shape index (κ3) is 5.12. The fraction of sp³-hybridized carbons (Fsp3) is 0.850. The van der Waals surface area contributed by atoms with E-state index in [1.807, 2.05) is 27.7 Å². The monoisotopic (exact) mass is 479 g/mol. The summed E-state index contributed by atoms with van der Waals surface area (Å²) < 4.78 is 63.4. The highest BCUT2D eigenvalue weighted by Gasteiger charge is 2.65. The van der Waals surface area contributed by atoms with E-state index in [9.17, 15) is 18.3 Å². The number of halogens is 2. The molecule has 0 spiro atoms. The zero-order chi connectivity index (χ0) is 24.2. The zero-order valence-corrected chi connectivity index (χ0v) is 19.8. The van der Waals surface area contributed by atoms with Crippen molar-refractivity contribution in [3.8, 4) is 0 Å². The van der Waals surface area contributed by atoms with Crippen LogP contribution in [0.25, 0.3) is 0 Å². The molecule has 0 radical (unpaired) electrons. The fourth-order valence-electron chi connectivity index (χ4n) is 5.55. The Hall–Kier alpha value is -1.66. The molecule has 1 aliphatic carbocycles. The zero-order valence-electron chi connectivity index (χ0n) is 19.0. The lowest BCUT2D eigenvalue weighted by molar-refractivity contribution is -0.231. The third-order valence-corrected chi connectivity index (χ3v) is 6.58. The van der Waals surface area contributed by atoms with Crippen LogP contribution in [0, 0.1) is 10.8 Å². The van der Waals surface area contributed by atoms with E-state index < -0.39 is 51.0 Å². The van der Waals surface area contributed by atoms with Crippen LogP contribution >= 0.6 is 0 Å². The van der Waals surface area contributed by atoms with Gasteiger partial charge in [0.25, 0.3) is 16.0 Å². The molecule has 2 heterocycles. The second kappa shape index (κ2) is 7.98. The van der Waals surface area contributed by atoms with E-state index in [1.165, 1.54) is 0 Å². The summed E-state index contributed by atoms with van der Waals surface area (Å²) in [6.07, 6.45) is 1.88. The first-order valence-corrected chi connectivity index (χ1v) is 12.3. The van der Waals surface area contributed by atoms with Gasteiger partial charge in [0.05, 0.1) is 6.26 Å². The minimum atomic E-state index is -4.01. The maximum absolute atomic E-state index is 15.6. The third-order valence-electron chi connectivity index (χ3n) is 6.03. The van der Waals surface area contributed by atoms with Crippen LogP contribution in [0.3, 0.4) is 0 Å². The molecule has 3 rings (SSSR count). The summed E-state index contributed by atoms with van der Waals surface area (Å²) in [6.45, 7) is 6.83. The Morgan fingerprint density at radius 1 is 1.22 bits per heavy atom. The van der Waals surface area contributed by atoms with E-state index in [0.717, 1.165) is 11.2 Å². The van der Waals surface area contributed by atoms with Crippen LogP contribution in [0.2, 0.25) is 0 Å². The Kier molecular flexibility index (Phi) is 6.23. The lowest BCUT2D eigenvalue weighted by Crippen LogP contribution is -2.62. The van der Waals surface area contributed by atoms with Gasteiger partial charge in [0.15, 0.2) is 0 Å². The van der Waals surface area contributed by atoms with Gasteiger partial charge in [-0.2, -0.15) is 17.2 Å². The fourth-order valence-corrected chi connectivity index (χ4v) is 5.87. The number of carbonyl (C=O) groups excluding carboxylic acids is 1. The van der Waals surface area contributed by atoms with E-state index in [2.05, 4.69) is 14.4 Å². The number of aliphatic hydroxyl groups is 1. The molecule has 1 aliphatic heterocycles. The molecule has 0 aromatic carbocycles. The maximum atomic E-state index is 15.6. The lowest BCUT2D eigenvalue weighted by Gasteiger charge is -2.51. The number of carbonyl (C=O) groups is 1. The molecular formula is C20H31F2N3O6S. The SMILES string of the molecule is CC1(C)CC(C)(C)CC(O)(C(F)(F)C(=O)N2CCC[C@H]2c2nnc(COS(C)(=O)=O)o2)C1. The number of rotatable bonds is 6. The van der Waals surface area contributed by atoms with E-state index >= 15 is 8.78 Å². The molecule has 0 bridgehead atoms.